The van der Waals surface area contributed by atoms with Gasteiger partial charge in [-0.1, -0.05) is 0 Å². The Morgan fingerprint density at radius 2 is 1.90 bits per heavy atom. The van der Waals surface area contributed by atoms with Crippen molar-refractivity contribution in [3.05, 3.63) is 53.6 Å². The van der Waals surface area contributed by atoms with Gasteiger partial charge >= 0.3 is 0 Å². The minimum atomic E-state index is -1.52. The van der Waals surface area contributed by atoms with E-state index in [2.05, 4.69) is 0 Å². The number of nitrogens with two attached hydrogens (primary N) is 1. The molecule has 21 heavy (non-hydrogen) atoms. The van der Waals surface area contributed by atoms with Crippen LogP contribution in [0.3, 0.4) is 0 Å². The van der Waals surface area contributed by atoms with E-state index in [1.807, 2.05) is 6.92 Å². The summed E-state index contributed by atoms with van der Waals surface area (Å²) in [5.74, 6) is -1.28. The monoisotopic (exact) mass is 311 g/mol. The van der Waals surface area contributed by atoms with Gasteiger partial charge in [0.1, 0.15) is 5.75 Å². The van der Waals surface area contributed by atoms with Gasteiger partial charge in [-0.05, 0) is 43.3 Å². The molecule has 0 heterocycles. The molecule has 0 radical (unpaired) electrons. The Bertz CT molecular complexity index is 677. The largest absolute Gasteiger partial charge is 0.494 e. The Morgan fingerprint density at radius 3 is 2.57 bits per heavy atom. The van der Waals surface area contributed by atoms with Crippen molar-refractivity contribution in [1.29, 1.82) is 0 Å². The number of anilines is 1. The third-order valence-corrected chi connectivity index (χ3v) is 4.18. The number of nitrogen functional groups attached to an aromatic ring is 1. The first-order valence-electron chi connectivity index (χ1n) is 6.36. The topological polar surface area (TPSA) is 52.3 Å². The minimum Gasteiger partial charge on any atom is -0.494 e. The summed E-state index contributed by atoms with van der Waals surface area (Å²) in [6.45, 7) is 2.31. The van der Waals surface area contributed by atoms with Gasteiger partial charge in [0.25, 0.3) is 0 Å². The highest BCUT2D eigenvalue weighted by Gasteiger charge is 2.12. The molecule has 2 aromatic carbocycles. The number of benzene rings is 2. The van der Waals surface area contributed by atoms with Crippen molar-refractivity contribution in [1.82, 2.24) is 0 Å². The SMILES string of the molecule is CCOc1ccc(N)cc1CS(=O)c1ccc(F)c(F)c1. The second-order valence-corrected chi connectivity index (χ2v) is 5.82. The second kappa shape index (κ2) is 6.67. The lowest BCUT2D eigenvalue weighted by Gasteiger charge is -2.11. The predicted molar refractivity (Wildman–Crippen MR) is 78.5 cm³/mol. The van der Waals surface area contributed by atoms with E-state index >= 15 is 0 Å². The van der Waals surface area contributed by atoms with Crippen LogP contribution in [0.5, 0.6) is 5.75 Å². The van der Waals surface area contributed by atoms with Crippen LogP contribution in [-0.2, 0) is 16.6 Å². The summed E-state index contributed by atoms with van der Waals surface area (Å²) in [6.07, 6.45) is 0. The van der Waals surface area contributed by atoms with Gasteiger partial charge in [-0.2, -0.15) is 0 Å². The van der Waals surface area contributed by atoms with Crippen LogP contribution in [0.4, 0.5) is 14.5 Å². The molecule has 2 rings (SSSR count). The van der Waals surface area contributed by atoms with Crippen LogP contribution in [0.2, 0.25) is 0 Å². The van der Waals surface area contributed by atoms with Gasteiger partial charge < -0.3 is 10.5 Å². The molecular weight excluding hydrogens is 296 g/mol. The Hall–Kier alpha value is -1.95. The lowest BCUT2D eigenvalue weighted by atomic mass is 10.2. The molecular formula is C15H15F2NO2S. The first kappa shape index (κ1) is 15.4. The van der Waals surface area contributed by atoms with Crippen molar-refractivity contribution in [2.45, 2.75) is 17.6 Å². The van der Waals surface area contributed by atoms with Crippen molar-refractivity contribution in [2.24, 2.45) is 0 Å². The van der Waals surface area contributed by atoms with Gasteiger partial charge in [0.2, 0.25) is 0 Å². The average Bonchev–Trinajstić information content (AvgIpc) is 2.45. The van der Waals surface area contributed by atoms with Crippen LogP contribution in [0, 0.1) is 11.6 Å². The molecule has 0 aliphatic carbocycles. The Kier molecular flexibility index (Phi) is 4.90. The molecule has 0 bridgehead atoms. The Balaban J connectivity index is 2.26. The van der Waals surface area contributed by atoms with Gasteiger partial charge in [0.05, 0.1) is 23.2 Å². The molecule has 1 atom stereocenters. The summed E-state index contributed by atoms with van der Waals surface area (Å²) in [5, 5.41) is 0. The summed E-state index contributed by atoms with van der Waals surface area (Å²) in [4.78, 5) is 0.221. The van der Waals surface area contributed by atoms with Crippen molar-refractivity contribution in [3.63, 3.8) is 0 Å². The molecule has 0 spiro atoms. The minimum absolute atomic E-state index is 0.117. The molecule has 0 aromatic heterocycles. The highest BCUT2D eigenvalue weighted by Crippen LogP contribution is 2.25. The molecule has 2 N–H and O–H groups in total. The zero-order valence-electron chi connectivity index (χ0n) is 11.4. The predicted octanol–water partition coefficient (Wildman–Crippen LogP) is 3.25. The average molecular weight is 311 g/mol. The van der Waals surface area contributed by atoms with Crippen molar-refractivity contribution in [2.75, 3.05) is 12.3 Å². The van der Waals surface area contributed by atoms with E-state index in [-0.39, 0.29) is 10.6 Å². The maximum Gasteiger partial charge on any atom is 0.160 e. The van der Waals surface area contributed by atoms with Crippen molar-refractivity contribution >= 4 is 16.5 Å². The molecule has 0 saturated carbocycles. The maximum atomic E-state index is 13.2. The van der Waals surface area contributed by atoms with E-state index in [1.165, 1.54) is 6.07 Å². The highest BCUT2D eigenvalue weighted by molar-refractivity contribution is 7.84. The number of hydrogen-bond donors (Lipinski definition) is 1. The van der Waals surface area contributed by atoms with Crippen LogP contribution in [0.1, 0.15) is 12.5 Å². The molecule has 0 saturated heterocycles. The van der Waals surface area contributed by atoms with E-state index in [0.717, 1.165) is 12.1 Å². The molecule has 0 amide bonds. The Morgan fingerprint density at radius 1 is 1.14 bits per heavy atom. The van der Waals surface area contributed by atoms with E-state index < -0.39 is 22.4 Å². The lowest BCUT2D eigenvalue weighted by molar-refractivity contribution is 0.337. The van der Waals surface area contributed by atoms with Gasteiger partial charge in [-0.25, -0.2) is 8.78 Å². The molecule has 112 valence electrons. The fourth-order valence-electron chi connectivity index (χ4n) is 1.85. The number of ether oxygens (including phenoxy) is 1. The second-order valence-electron chi connectivity index (χ2n) is 4.37. The molecule has 0 fully saturated rings. The van der Waals surface area contributed by atoms with E-state index in [9.17, 15) is 13.0 Å². The third-order valence-electron chi connectivity index (χ3n) is 2.82. The smallest absolute Gasteiger partial charge is 0.160 e. The van der Waals surface area contributed by atoms with Gasteiger partial charge in [0, 0.05) is 16.1 Å². The third kappa shape index (κ3) is 3.78. The summed E-state index contributed by atoms with van der Waals surface area (Å²) in [6, 6.07) is 8.28. The van der Waals surface area contributed by atoms with Gasteiger partial charge in [-0.3, -0.25) is 4.21 Å². The van der Waals surface area contributed by atoms with Crippen molar-refractivity contribution < 1.29 is 17.7 Å². The fraction of sp³-hybridized carbons (Fsp3) is 0.200. The number of rotatable bonds is 5. The summed E-state index contributed by atoms with van der Waals surface area (Å²) >= 11 is 0. The first-order valence-corrected chi connectivity index (χ1v) is 7.67. The van der Waals surface area contributed by atoms with Gasteiger partial charge in [-0.15, -0.1) is 0 Å². The van der Waals surface area contributed by atoms with Crippen LogP contribution in [0.15, 0.2) is 41.3 Å². The van der Waals surface area contributed by atoms with E-state index in [4.69, 9.17) is 10.5 Å². The first-order chi connectivity index (χ1) is 10.0. The molecule has 0 aliphatic heterocycles. The molecule has 6 heteroatoms. The zero-order valence-corrected chi connectivity index (χ0v) is 12.3. The van der Waals surface area contributed by atoms with Gasteiger partial charge in [0.15, 0.2) is 11.6 Å². The molecule has 0 aliphatic rings. The molecule has 1 unspecified atom stereocenters. The normalized spacial score (nSPS) is 12.1. The molecule has 2 aromatic rings. The van der Waals surface area contributed by atoms with Crippen LogP contribution in [0.25, 0.3) is 0 Å². The molecule has 3 nitrogen and oxygen atoms in total. The van der Waals surface area contributed by atoms with E-state index in [1.54, 1.807) is 18.2 Å². The van der Waals surface area contributed by atoms with Crippen LogP contribution < -0.4 is 10.5 Å². The Labute approximate surface area is 124 Å². The maximum absolute atomic E-state index is 13.2. The summed E-state index contributed by atoms with van der Waals surface area (Å²) < 4.78 is 43.8. The lowest BCUT2D eigenvalue weighted by Crippen LogP contribution is -2.03. The van der Waals surface area contributed by atoms with Crippen LogP contribution >= 0.6 is 0 Å². The number of halogens is 2. The zero-order chi connectivity index (χ0) is 15.4. The van der Waals surface area contributed by atoms with Crippen molar-refractivity contribution in [3.8, 4) is 5.75 Å². The highest BCUT2D eigenvalue weighted by atomic mass is 32.2. The fourth-order valence-corrected chi connectivity index (χ4v) is 2.98. The van der Waals surface area contributed by atoms with E-state index in [0.29, 0.717) is 23.6 Å². The quantitative estimate of drug-likeness (QED) is 0.862. The number of hydrogen-bond acceptors (Lipinski definition) is 3. The summed E-state index contributed by atoms with van der Waals surface area (Å²) in [5.41, 5.74) is 6.91. The standard InChI is InChI=1S/C15H15F2NO2S/c1-2-20-15-6-3-11(18)7-10(15)9-21(19)12-4-5-13(16)14(17)8-12/h3-8H,2,9,18H2,1H3. The van der Waals surface area contributed by atoms with Crippen LogP contribution in [-0.4, -0.2) is 10.8 Å². The summed E-state index contributed by atoms with van der Waals surface area (Å²) in [7, 11) is -1.52.